The van der Waals surface area contributed by atoms with Crippen molar-refractivity contribution in [3.8, 4) is 16.9 Å². The summed E-state index contributed by atoms with van der Waals surface area (Å²) in [5, 5.41) is 2.90. The number of aromatic nitrogens is 1. The second-order valence-corrected chi connectivity index (χ2v) is 9.85. The number of hydrogen-bond donors (Lipinski definition) is 1. The van der Waals surface area contributed by atoms with E-state index in [0.717, 1.165) is 29.5 Å². The molecule has 1 fully saturated rings. The van der Waals surface area contributed by atoms with Gasteiger partial charge in [0, 0.05) is 50.9 Å². The van der Waals surface area contributed by atoms with Crippen LogP contribution in [0.2, 0.25) is 0 Å². The molecular weight excluding hydrogens is 480 g/mol. The first-order chi connectivity index (χ1) is 18.5. The minimum Gasteiger partial charge on any atom is -0.491 e. The Morgan fingerprint density at radius 1 is 0.974 bits per heavy atom. The van der Waals surface area contributed by atoms with E-state index in [9.17, 15) is 14.4 Å². The van der Waals surface area contributed by atoms with Crippen molar-refractivity contribution in [2.45, 2.75) is 37.8 Å². The molecule has 1 N–H and O–H groups in total. The van der Waals surface area contributed by atoms with Crippen LogP contribution in [0.3, 0.4) is 0 Å². The van der Waals surface area contributed by atoms with Crippen LogP contribution in [0.1, 0.15) is 35.2 Å². The fourth-order valence-electron chi connectivity index (χ4n) is 5.15. The van der Waals surface area contributed by atoms with Gasteiger partial charge < -0.3 is 19.9 Å². The van der Waals surface area contributed by atoms with Gasteiger partial charge in [0.15, 0.2) is 0 Å². The van der Waals surface area contributed by atoms with E-state index in [-0.39, 0.29) is 36.7 Å². The first-order valence-electron chi connectivity index (χ1n) is 13.1. The summed E-state index contributed by atoms with van der Waals surface area (Å²) in [6, 6.07) is 18.3. The van der Waals surface area contributed by atoms with Crippen molar-refractivity contribution >= 4 is 17.7 Å². The van der Waals surface area contributed by atoms with E-state index < -0.39 is 6.04 Å². The van der Waals surface area contributed by atoms with Gasteiger partial charge in [-0.15, -0.1) is 0 Å². The molecule has 5 rings (SSSR count). The maximum absolute atomic E-state index is 13.6. The van der Waals surface area contributed by atoms with E-state index in [1.807, 2.05) is 59.5 Å². The zero-order chi connectivity index (χ0) is 26.5. The molecule has 3 aromatic rings. The third-order valence-electron chi connectivity index (χ3n) is 7.29. The number of rotatable bonds is 2. The molecule has 3 heterocycles. The van der Waals surface area contributed by atoms with Gasteiger partial charge in [-0.1, -0.05) is 42.5 Å². The largest absolute Gasteiger partial charge is 0.491 e. The Hall–Kier alpha value is -4.20. The third kappa shape index (κ3) is 5.69. The Labute approximate surface area is 222 Å². The van der Waals surface area contributed by atoms with E-state index in [1.54, 1.807) is 19.3 Å². The van der Waals surface area contributed by atoms with Gasteiger partial charge in [-0.25, -0.2) is 0 Å². The molecule has 196 valence electrons. The molecule has 1 saturated heterocycles. The van der Waals surface area contributed by atoms with Crippen LogP contribution >= 0.6 is 0 Å². The summed E-state index contributed by atoms with van der Waals surface area (Å²) in [5.41, 5.74) is 2.97. The fraction of sp³-hybridized carbons (Fsp3) is 0.333. The monoisotopic (exact) mass is 512 g/mol. The first-order valence-corrected chi connectivity index (χ1v) is 13.1. The maximum atomic E-state index is 13.6. The van der Waals surface area contributed by atoms with E-state index >= 15 is 0 Å². The minimum atomic E-state index is -0.751. The lowest BCUT2D eigenvalue weighted by molar-refractivity contribution is -0.132. The summed E-state index contributed by atoms with van der Waals surface area (Å²) in [6.45, 7) is 1.30. The summed E-state index contributed by atoms with van der Waals surface area (Å²) in [6.07, 6.45) is 5.58. The number of hydrogen-bond acceptors (Lipinski definition) is 5. The lowest BCUT2D eigenvalue weighted by atomic mass is 10.0. The number of benzene rings is 2. The highest BCUT2D eigenvalue weighted by molar-refractivity contribution is 5.98. The molecule has 0 radical (unpaired) electrons. The van der Waals surface area contributed by atoms with Gasteiger partial charge in [0.1, 0.15) is 18.4 Å². The molecule has 2 atom stereocenters. The predicted octanol–water partition coefficient (Wildman–Crippen LogP) is 3.32. The van der Waals surface area contributed by atoms with Gasteiger partial charge >= 0.3 is 0 Å². The summed E-state index contributed by atoms with van der Waals surface area (Å²) >= 11 is 0. The molecule has 0 saturated carbocycles. The van der Waals surface area contributed by atoms with Gasteiger partial charge in [0.25, 0.3) is 5.91 Å². The van der Waals surface area contributed by atoms with Crippen LogP contribution in [0, 0.1) is 0 Å². The van der Waals surface area contributed by atoms with Crippen molar-refractivity contribution in [3.05, 3.63) is 84.2 Å². The summed E-state index contributed by atoms with van der Waals surface area (Å²) in [4.78, 5) is 47.6. The zero-order valence-corrected chi connectivity index (χ0v) is 21.5. The number of fused-ring (bicyclic) bond motifs is 6. The van der Waals surface area contributed by atoms with E-state index in [0.29, 0.717) is 30.9 Å². The molecule has 0 spiro atoms. The third-order valence-corrected chi connectivity index (χ3v) is 7.29. The number of pyridine rings is 1. The second kappa shape index (κ2) is 11.5. The molecule has 2 aliphatic rings. The van der Waals surface area contributed by atoms with Crippen molar-refractivity contribution in [3.63, 3.8) is 0 Å². The Morgan fingerprint density at radius 3 is 2.63 bits per heavy atom. The quantitative estimate of drug-likeness (QED) is 0.569. The molecule has 8 nitrogen and oxygen atoms in total. The van der Waals surface area contributed by atoms with Crippen LogP contribution in [0.25, 0.3) is 11.1 Å². The second-order valence-electron chi connectivity index (χ2n) is 9.85. The summed E-state index contributed by atoms with van der Waals surface area (Å²) in [7, 11) is 1.63. The lowest BCUT2D eigenvalue weighted by Crippen LogP contribution is -2.49. The smallest absolute Gasteiger partial charge is 0.255 e. The highest BCUT2D eigenvalue weighted by Crippen LogP contribution is 2.26. The lowest BCUT2D eigenvalue weighted by Gasteiger charge is -2.28. The van der Waals surface area contributed by atoms with Gasteiger partial charge in [-0.05, 0) is 42.2 Å². The van der Waals surface area contributed by atoms with Gasteiger partial charge in [-0.2, -0.15) is 0 Å². The molecule has 38 heavy (non-hydrogen) atoms. The molecule has 4 bridgehead atoms. The number of carbonyl (C=O) groups is 3. The van der Waals surface area contributed by atoms with Gasteiger partial charge in [-0.3, -0.25) is 19.4 Å². The van der Waals surface area contributed by atoms with Crippen LogP contribution in [-0.2, 0) is 16.0 Å². The van der Waals surface area contributed by atoms with Crippen LogP contribution in [0.15, 0.2) is 73.1 Å². The number of amides is 3. The number of nitrogens with one attached hydrogen (secondary N) is 1. The van der Waals surface area contributed by atoms with E-state index in [1.165, 1.54) is 11.1 Å². The average Bonchev–Trinajstić information content (AvgIpc) is 3.43. The van der Waals surface area contributed by atoms with Crippen LogP contribution < -0.4 is 10.1 Å². The topological polar surface area (TPSA) is 91.8 Å². The van der Waals surface area contributed by atoms with Crippen LogP contribution in [0.4, 0.5) is 0 Å². The Bertz CT molecular complexity index is 1310. The molecule has 8 heteroatoms. The molecule has 2 aliphatic heterocycles. The number of ether oxygens (including phenoxy) is 1. The van der Waals surface area contributed by atoms with Crippen molar-refractivity contribution in [1.82, 2.24) is 20.1 Å². The Morgan fingerprint density at radius 2 is 1.79 bits per heavy atom. The zero-order valence-electron chi connectivity index (χ0n) is 21.5. The molecule has 1 aromatic heterocycles. The van der Waals surface area contributed by atoms with E-state index in [2.05, 4.69) is 10.3 Å². The van der Waals surface area contributed by atoms with E-state index in [4.69, 9.17) is 4.74 Å². The molecular formula is C30H32N4O4. The number of likely N-dealkylation sites (N-methyl/N-ethyl adjacent to an activating group) is 1. The number of carbonyl (C=O) groups excluding carboxylic acids is 3. The first kappa shape index (κ1) is 25.4. The SMILES string of the molecule is CN1C(=O)c2cncc(c2)-c2cccc(c2)OC[C@@H]2CCCN2C(=O)CCNC(=O)[C@@H]1Cc1ccccc1. The molecule has 3 amide bonds. The predicted molar refractivity (Wildman–Crippen MR) is 144 cm³/mol. The highest BCUT2D eigenvalue weighted by Gasteiger charge is 2.31. The molecule has 2 aromatic carbocycles. The van der Waals surface area contributed by atoms with Crippen molar-refractivity contribution < 1.29 is 19.1 Å². The van der Waals surface area contributed by atoms with Crippen molar-refractivity contribution in [2.75, 3.05) is 26.7 Å². The van der Waals surface area contributed by atoms with Crippen LogP contribution in [0.5, 0.6) is 5.75 Å². The van der Waals surface area contributed by atoms with Crippen LogP contribution in [-0.4, -0.2) is 71.3 Å². The highest BCUT2D eigenvalue weighted by atomic mass is 16.5. The molecule has 0 unspecified atom stereocenters. The number of nitrogens with zero attached hydrogens (tertiary/aromatic N) is 3. The standard InChI is InChI=1S/C30H32N4O4/c1-33-27(15-21-7-3-2-4-8-21)29(36)32-13-12-28(35)34-14-6-10-25(34)20-38-26-11-5-9-22(17-26)23-16-24(30(33)37)19-31-18-23/h2-5,7-9,11,16-19,25,27H,6,10,12-15,20H2,1H3,(H,32,36)/t25-,27-/m0/s1. The average molecular weight is 513 g/mol. The Balaban J connectivity index is 1.49. The summed E-state index contributed by atoms with van der Waals surface area (Å²) < 4.78 is 6.09. The summed E-state index contributed by atoms with van der Waals surface area (Å²) in [5.74, 6) is 0.0972. The minimum absolute atomic E-state index is 0.000296. The fourth-order valence-corrected chi connectivity index (χ4v) is 5.15. The Kier molecular flexibility index (Phi) is 7.67. The maximum Gasteiger partial charge on any atom is 0.255 e. The van der Waals surface area contributed by atoms with Crippen molar-refractivity contribution in [1.29, 1.82) is 0 Å². The van der Waals surface area contributed by atoms with Gasteiger partial charge in [0.05, 0.1) is 11.6 Å². The van der Waals surface area contributed by atoms with Crippen molar-refractivity contribution in [2.24, 2.45) is 0 Å². The van der Waals surface area contributed by atoms with Gasteiger partial charge in [0.2, 0.25) is 11.8 Å². The normalized spacial score (nSPS) is 20.7. The molecule has 0 aliphatic carbocycles.